The van der Waals surface area contributed by atoms with E-state index in [1.54, 1.807) is 12.3 Å². The van der Waals surface area contributed by atoms with Gasteiger partial charge in [-0.2, -0.15) is 0 Å². The highest BCUT2D eigenvalue weighted by atomic mass is 32.2. The fourth-order valence-electron chi connectivity index (χ4n) is 0.982. The third kappa shape index (κ3) is 6.41. The van der Waals surface area contributed by atoms with Crippen molar-refractivity contribution in [3.63, 3.8) is 0 Å². The Hall–Kier alpha value is -0.680. The molecule has 15 heavy (non-hydrogen) atoms. The molecule has 3 N–H and O–H groups in total. The molecule has 0 aliphatic heterocycles. The van der Waals surface area contributed by atoms with Crippen LogP contribution >= 0.6 is 0 Å². The molecule has 0 aromatic carbocycles. The fraction of sp³-hybridized carbons (Fsp3) is 0.700. The van der Waals surface area contributed by atoms with Gasteiger partial charge in [-0.15, -0.1) is 6.58 Å². The van der Waals surface area contributed by atoms with Crippen LogP contribution in [0, 0.1) is 0 Å². The van der Waals surface area contributed by atoms with Crippen molar-refractivity contribution in [1.82, 2.24) is 5.32 Å². The monoisotopic (exact) mass is 232 g/mol. The Bertz CT molecular complexity index is 244. The summed E-state index contributed by atoms with van der Waals surface area (Å²) in [6.45, 7) is 5.93. The Morgan fingerprint density at radius 2 is 2.27 bits per heavy atom. The van der Waals surface area contributed by atoms with Crippen molar-refractivity contribution in [2.75, 3.05) is 12.8 Å². The number of hydrogen-bond acceptors (Lipinski definition) is 3. The number of carbonyl (C=O) groups excluding carboxylic acids is 1. The highest BCUT2D eigenvalue weighted by Crippen LogP contribution is 1.97. The third-order valence-corrected chi connectivity index (χ3v) is 3.54. The lowest BCUT2D eigenvalue weighted by atomic mass is 10.2. The summed E-state index contributed by atoms with van der Waals surface area (Å²) in [6.07, 6.45) is 4.46. The number of carbonyl (C=O) groups is 1. The Balaban J connectivity index is 3.72. The number of amides is 1. The van der Waals surface area contributed by atoms with Gasteiger partial charge in [-0.1, -0.05) is 13.0 Å². The van der Waals surface area contributed by atoms with Gasteiger partial charge in [0.15, 0.2) is 0 Å². The topological polar surface area (TPSA) is 72.2 Å². The fourth-order valence-corrected chi connectivity index (χ4v) is 1.43. The van der Waals surface area contributed by atoms with Crippen LogP contribution in [0.5, 0.6) is 0 Å². The number of hydrogen-bond donors (Lipinski definition) is 2. The third-order valence-electron chi connectivity index (χ3n) is 2.17. The zero-order valence-corrected chi connectivity index (χ0v) is 10.2. The summed E-state index contributed by atoms with van der Waals surface area (Å²) in [4.78, 5) is 11.3. The molecular formula is C10H20N2O2S. The highest BCUT2D eigenvalue weighted by Gasteiger charge is 2.12. The van der Waals surface area contributed by atoms with E-state index in [1.165, 1.54) is 0 Å². The van der Waals surface area contributed by atoms with Crippen LogP contribution in [0.1, 0.15) is 19.8 Å². The van der Waals surface area contributed by atoms with Crippen LogP contribution in [0.3, 0.4) is 0 Å². The summed E-state index contributed by atoms with van der Waals surface area (Å²) in [5.41, 5.74) is 5.56. The van der Waals surface area contributed by atoms with E-state index < -0.39 is 16.8 Å². The molecule has 0 aromatic heterocycles. The first kappa shape index (κ1) is 14.3. The molecule has 0 aliphatic rings. The number of nitrogens with one attached hydrogen (secondary N) is 1. The summed E-state index contributed by atoms with van der Waals surface area (Å²) in [5, 5.41) is 2.80. The molecule has 0 spiro atoms. The van der Waals surface area contributed by atoms with Crippen LogP contribution in [-0.4, -0.2) is 34.2 Å². The van der Waals surface area contributed by atoms with Crippen molar-refractivity contribution in [2.45, 2.75) is 31.1 Å². The first-order valence-corrected chi connectivity index (χ1v) is 6.57. The maximum atomic E-state index is 11.3. The summed E-state index contributed by atoms with van der Waals surface area (Å²) >= 11 is 0. The minimum atomic E-state index is -0.838. The minimum Gasteiger partial charge on any atom is -0.355 e. The maximum absolute atomic E-state index is 11.3. The van der Waals surface area contributed by atoms with Crippen LogP contribution in [0.25, 0.3) is 0 Å². The van der Waals surface area contributed by atoms with Crippen LogP contribution < -0.4 is 11.1 Å². The van der Waals surface area contributed by atoms with Crippen molar-refractivity contribution < 1.29 is 9.00 Å². The van der Waals surface area contributed by atoms with E-state index in [-0.39, 0.29) is 11.2 Å². The Morgan fingerprint density at radius 1 is 1.67 bits per heavy atom. The molecular weight excluding hydrogens is 212 g/mol. The lowest BCUT2D eigenvalue weighted by Gasteiger charge is -2.12. The zero-order chi connectivity index (χ0) is 11.8. The van der Waals surface area contributed by atoms with Crippen LogP contribution in [0.15, 0.2) is 12.7 Å². The molecule has 0 heterocycles. The molecule has 3 unspecified atom stereocenters. The normalized spacial score (nSPS) is 16.5. The van der Waals surface area contributed by atoms with Crippen LogP contribution in [0.4, 0.5) is 0 Å². The Morgan fingerprint density at radius 3 is 2.73 bits per heavy atom. The molecule has 4 nitrogen and oxygen atoms in total. The van der Waals surface area contributed by atoms with Gasteiger partial charge in [-0.25, -0.2) is 0 Å². The van der Waals surface area contributed by atoms with Gasteiger partial charge >= 0.3 is 0 Å². The lowest BCUT2D eigenvalue weighted by Crippen LogP contribution is -2.41. The number of rotatable bonds is 7. The van der Waals surface area contributed by atoms with E-state index in [0.717, 1.165) is 0 Å². The molecule has 1 amide bonds. The molecule has 0 saturated heterocycles. The summed E-state index contributed by atoms with van der Waals surface area (Å²) < 4.78 is 11.0. The van der Waals surface area contributed by atoms with Gasteiger partial charge in [0.05, 0.1) is 6.04 Å². The van der Waals surface area contributed by atoms with Crippen molar-refractivity contribution >= 4 is 16.7 Å². The van der Waals surface area contributed by atoms with Gasteiger partial charge in [0.25, 0.3) is 0 Å². The van der Waals surface area contributed by atoms with Gasteiger partial charge in [-0.3, -0.25) is 9.00 Å². The largest absolute Gasteiger partial charge is 0.355 e. The van der Waals surface area contributed by atoms with Gasteiger partial charge < -0.3 is 11.1 Å². The minimum absolute atomic E-state index is 0.0981. The Labute approximate surface area is 93.8 Å². The van der Waals surface area contributed by atoms with Gasteiger partial charge in [0.2, 0.25) is 5.91 Å². The molecule has 3 atom stereocenters. The van der Waals surface area contributed by atoms with Crippen molar-refractivity contribution in [3.8, 4) is 0 Å². The van der Waals surface area contributed by atoms with E-state index in [2.05, 4.69) is 11.9 Å². The van der Waals surface area contributed by atoms with E-state index in [9.17, 15) is 9.00 Å². The molecule has 0 saturated carbocycles. The highest BCUT2D eigenvalue weighted by molar-refractivity contribution is 7.84. The molecule has 0 rings (SSSR count). The van der Waals surface area contributed by atoms with Crippen LogP contribution in [-0.2, 0) is 15.6 Å². The number of nitrogens with two attached hydrogens (primary N) is 1. The van der Waals surface area contributed by atoms with E-state index in [1.807, 2.05) is 6.92 Å². The molecule has 88 valence electrons. The van der Waals surface area contributed by atoms with Crippen molar-refractivity contribution in [2.24, 2.45) is 5.73 Å². The molecule has 0 aliphatic carbocycles. The van der Waals surface area contributed by atoms with Gasteiger partial charge in [-0.05, 0) is 12.8 Å². The average molecular weight is 232 g/mol. The average Bonchev–Trinajstić information content (AvgIpc) is 2.17. The first-order valence-electron chi connectivity index (χ1n) is 4.95. The second kappa shape index (κ2) is 7.59. The van der Waals surface area contributed by atoms with Crippen molar-refractivity contribution in [3.05, 3.63) is 12.7 Å². The molecule has 0 bridgehead atoms. The SMILES string of the molecule is C=CCC(N)C(=O)NCCC(C)S(C)=O. The van der Waals surface area contributed by atoms with Crippen LogP contribution in [0.2, 0.25) is 0 Å². The van der Waals surface area contributed by atoms with E-state index in [4.69, 9.17) is 5.73 Å². The smallest absolute Gasteiger partial charge is 0.237 e. The molecule has 0 fully saturated rings. The quantitative estimate of drug-likeness (QED) is 0.614. The summed E-state index contributed by atoms with van der Waals surface area (Å²) in [5.74, 6) is -0.177. The summed E-state index contributed by atoms with van der Waals surface area (Å²) in [7, 11) is -0.838. The summed E-state index contributed by atoms with van der Waals surface area (Å²) in [6, 6.07) is -0.523. The zero-order valence-electron chi connectivity index (χ0n) is 9.36. The lowest BCUT2D eigenvalue weighted by molar-refractivity contribution is -0.122. The van der Waals surface area contributed by atoms with Crippen molar-refractivity contribution in [1.29, 1.82) is 0 Å². The molecule has 0 radical (unpaired) electrons. The Kier molecular flexibility index (Phi) is 7.25. The molecule has 5 heteroatoms. The second-order valence-electron chi connectivity index (χ2n) is 3.52. The second-order valence-corrected chi connectivity index (χ2v) is 5.32. The molecule has 0 aromatic rings. The first-order chi connectivity index (χ1) is 6.99. The van der Waals surface area contributed by atoms with E-state index in [0.29, 0.717) is 19.4 Å². The van der Waals surface area contributed by atoms with Gasteiger partial charge in [0.1, 0.15) is 0 Å². The maximum Gasteiger partial charge on any atom is 0.237 e. The van der Waals surface area contributed by atoms with Gasteiger partial charge in [0, 0.05) is 28.9 Å². The predicted molar refractivity (Wildman–Crippen MR) is 63.9 cm³/mol. The van der Waals surface area contributed by atoms with E-state index >= 15 is 0 Å². The standard InChI is InChI=1S/C10H20N2O2S/c1-4-5-9(11)10(13)12-7-6-8(2)15(3)14/h4,8-9H,1,5-7,11H2,2-3H3,(H,12,13). The predicted octanol–water partition coefficient (Wildman–Crippen LogP) is 0.163.